The molecule has 0 aromatic carbocycles. The van der Waals surface area contributed by atoms with Crippen molar-refractivity contribution in [3.8, 4) is 0 Å². The van der Waals surface area contributed by atoms with Crippen LogP contribution >= 0.6 is 11.5 Å². The average molecular weight is 269 g/mol. The van der Waals surface area contributed by atoms with Crippen molar-refractivity contribution in [1.82, 2.24) is 14.5 Å². The second kappa shape index (κ2) is 4.93. The Morgan fingerprint density at radius 1 is 1.56 bits per heavy atom. The molecule has 1 fully saturated rings. The van der Waals surface area contributed by atoms with Crippen molar-refractivity contribution < 1.29 is 9.90 Å². The summed E-state index contributed by atoms with van der Waals surface area (Å²) < 4.78 is 3.88. The van der Waals surface area contributed by atoms with Crippen LogP contribution in [0.1, 0.15) is 54.9 Å². The van der Waals surface area contributed by atoms with Gasteiger partial charge in [-0.3, -0.25) is 4.79 Å². The predicted molar refractivity (Wildman–Crippen MR) is 69.8 cm³/mol. The Hall–Kier alpha value is -1.01. The van der Waals surface area contributed by atoms with Gasteiger partial charge in [0.2, 0.25) is 0 Å². The summed E-state index contributed by atoms with van der Waals surface area (Å²) in [4.78, 5) is 14.7. The smallest absolute Gasteiger partial charge is 0.267 e. The summed E-state index contributed by atoms with van der Waals surface area (Å²) in [7, 11) is 0. The van der Waals surface area contributed by atoms with E-state index in [4.69, 9.17) is 0 Å². The summed E-state index contributed by atoms with van der Waals surface area (Å²) in [5, 5.41) is 14.1. The Morgan fingerprint density at radius 3 is 2.89 bits per heavy atom. The summed E-state index contributed by atoms with van der Waals surface area (Å²) in [5.41, 5.74) is -0.0143. The molecule has 1 unspecified atom stereocenters. The number of piperidine rings is 1. The molecule has 18 heavy (non-hydrogen) atoms. The molecule has 1 aromatic heterocycles. The van der Waals surface area contributed by atoms with E-state index >= 15 is 0 Å². The molecule has 2 heterocycles. The van der Waals surface area contributed by atoms with E-state index in [0.29, 0.717) is 18.0 Å². The lowest BCUT2D eigenvalue weighted by molar-refractivity contribution is -0.0106. The van der Waals surface area contributed by atoms with Crippen LogP contribution in [0.25, 0.3) is 0 Å². The largest absolute Gasteiger partial charge is 0.388 e. The molecule has 1 saturated heterocycles. The van der Waals surface area contributed by atoms with E-state index in [0.717, 1.165) is 30.1 Å². The van der Waals surface area contributed by atoms with Gasteiger partial charge in [0.15, 0.2) is 0 Å². The van der Waals surface area contributed by atoms with Crippen molar-refractivity contribution in [3.63, 3.8) is 0 Å². The van der Waals surface area contributed by atoms with E-state index in [-0.39, 0.29) is 11.8 Å². The monoisotopic (exact) mass is 269 g/mol. The lowest BCUT2D eigenvalue weighted by Crippen LogP contribution is -2.48. The van der Waals surface area contributed by atoms with Crippen molar-refractivity contribution in [2.45, 2.75) is 45.1 Å². The summed E-state index contributed by atoms with van der Waals surface area (Å²) in [6.45, 7) is 6.87. The Kier molecular flexibility index (Phi) is 3.68. The average Bonchev–Trinajstić information content (AvgIpc) is 2.75. The van der Waals surface area contributed by atoms with E-state index in [9.17, 15) is 9.90 Å². The molecular formula is C12H19N3O2S. The quantitative estimate of drug-likeness (QED) is 0.886. The molecule has 5 nitrogen and oxygen atoms in total. The molecule has 2 rings (SSSR count). The molecule has 1 N–H and O–H groups in total. The first kappa shape index (κ1) is 13.4. The third-order valence-electron chi connectivity index (χ3n) is 3.22. The van der Waals surface area contributed by atoms with Crippen molar-refractivity contribution in [2.24, 2.45) is 0 Å². The van der Waals surface area contributed by atoms with Gasteiger partial charge in [-0.2, -0.15) is 0 Å². The fourth-order valence-corrected chi connectivity index (χ4v) is 3.05. The number of hydrogen-bond donors (Lipinski definition) is 1. The molecular weight excluding hydrogens is 250 g/mol. The van der Waals surface area contributed by atoms with Crippen LogP contribution in [0.15, 0.2) is 0 Å². The zero-order valence-electron chi connectivity index (χ0n) is 11.0. The zero-order valence-corrected chi connectivity index (χ0v) is 11.8. The molecule has 0 saturated carbocycles. The zero-order chi connectivity index (χ0) is 13.3. The van der Waals surface area contributed by atoms with Crippen LogP contribution in [0.4, 0.5) is 0 Å². The summed E-state index contributed by atoms with van der Waals surface area (Å²) in [6, 6.07) is 0. The van der Waals surface area contributed by atoms with Gasteiger partial charge in [-0.15, -0.1) is 5.10 Å². The Labute approximate surface area is 111 Å². The highest BCUT2D eigenvalue weighted by Crippen LogP contribution is 2.25. The fourth-order valence-electron chi connectivity index (χ4n) is 2.26. The molecule has 1 aliphatic rings. The molecule has 100 valence electrons. The van der Waals surface area contributed by atoms with E-state index in [1.807, 2.05) is 13.8 Å². The third kappa shape index (κ3) is 2.70. The molecule has 6 heteroatoms. The number of likely N-dealkylation sites (tertiary alicyclic amines) is 1. The Balaban J connectivity index is 2.18. The van der Waals surface area contributed by atoms with Crippen molar-refractivity contribution in [3.05, 3.63) is 10.6 Å². The first-order chi connectivity index (χ1) is 8.41. The summed E-state index contributed by atoms with van der Waals surface area (Å²) in [5.74, 6) is 0.140. The van der Waals surface area contributed by atoms with Gasteiger partial charge in [0.1, 0.15) is 4.88 Å². The van der Waals surface area contributed by atoms with Gasteiger partial charge in [-0.05, 0) is 37.2 Å². The highest BCUT2D eigenvalue weighted by molar-refractivity contribution is 7.08. The topological polar surface area (TPSA) is 66.3 Å². The minimum absolute atomic E-state index is 0.0475. The molecule has 0 bridgehead atoms. The lowest BCUT2D eigenvalue weighted by atomic mass is 9.95. The summed E-state index contributed by atoms with van der Waals surface area (Å²) in [6.07, 6.45) is 1.58. The van der Waals surface area contributed by atoms with Gasteiger partial charge in [0.25, 0.3) is 5.91 Å². The number of amides is 1. The van der Waals surface area contributed by atoms with Crippen molar-refractivity contribution >= 4 is 17.4 Å². The number of β-amino-alcohol motifs (C(OH)–C–C–N with tert-alkyl or cyclic N) is 1. The van der Waals surface area contributed by atoms with E-state index < -0.39 is 5.60 Å². The van der Waals surface area contributed by atoms with Gasteiger partial charge in [0, 0.05) is 13.1 Å². The van der Waals surface area contributed by atoms with E-state index in [2.05, 4.69) is 9.59 Å². The second-order valence-corrected chi connectivity index (χ2v) is 6.22. The van der Waals surface area contributed by atoms with Crippen LogP contribution < -0.4 is 0 Å². The van der Waals surface area contributed by atoms with Crippen LogP contribution in [0, 0.1) is 0 Å². The van der Waals surface area contributed by atoms with Crippen LogP contribution in [-0.2, 0) is 0 Å². The highest BCUT2D eigenvalue weighted by Gasteiger charge is 2.33. The van der Waals surface area contributed by atoms with Gasteiger partial charge in [0.05, 0.1) is 11.3 Å². The molecule has 1 atom stereocenters. The number of aromatic nitrogens is 2. The molecule has 0 aliphatic carbocycles. The van der Waals surface area contributed by atoms with Crippen molar-refractivity contribution in [2.75, 3.05) is 13.1 Å². The van der Waals surface area contributed by atoms with E-state index in [1.54, 1.807) is 11.8 Å². The Bertz CT molecular complexity index is 442. The van der Waals surface area contributed by atoms with Crippen molar-refractivity contribution in [1.29, 1.82) is 0 Å². The molecule has 0 radical (unpaired) electrons. The van der Waals surface area contributed by atoms with Gasteiger partial charge >= 0.3 is 0 Å². The number of nitrogens with zero attached hydrogens (tertiary/aromatic N) is 3. The molecule has 1 aromatic rings. The van der Waals surface area contributed by atoms with Crippen LogP contribution in [0.2, 0.25) is 0 Å². The SMILES string of the molecule is CC(C)c1nnsc1C(=O)N1CCCC(C)(O)C1. The third-order valence-corrected chi connectivity index (χ3v) is 3.95. The number of hydrogen-bond acceptors (Lipinski definition) is 5. The van der Waals surface area contributed by atoms with E-state index in [1.165, 1.54) is 0 Å². The number of rotatable bonds is 2. The first-order valence-electron chi connectivity index (χ1n) is 6.24. The predicted octanol–water partition coefficient (Wildman–Crippen LogP) is 1.65. The van der Waals surface area contributed by atoms with Crippen LogP contribution in [0.5, 0.6) is 0 Å². The molecule has 1 amide bonds. The highest BCUT2D eigenvalue weighted by atomic mass is 32.1. The Morgan fingerprint density at radius 2 is 2.28 bits per heavy atom. The maximum Gasteiger partial charge on any atom is 0.267 e. The standard InChI is InChI=1S/C12H19N3O2S/c1-8(2)9-10(18-14-13-9)11(16)15-6-4-5-12(3,17)7-15/h8,17H,4-7H2,1-3H3. The molecule has 1 aliphatic heterocycles. The van der Waals surface area contributed by atoms with Gasteiger partial charge < -0.3 is 10.0 Å². The first-order valence-corrected chi connectivity index (χ1v) is 7.02. The number of carbonyl (C=O) groups is 1. The normalized spacial score (nSPS) is 24.6. The maximum absolute atomic E-state index is 12.4. The number of carbonyl (C=O) groups excluding carboxylic acids is 1. The van der Waals surface area contributed by atoms with Crippen LogP contribution in [-0.4, -0.2) is 44.2 Å². The van der Waals surface area contributed by atoms with Gasteiger partial charge in [-0.1, -0.05) is 18.3 Å². The number of aliphatic hydroxyl groups is 1. The van der Waals surface area contributed by atoms with Gasteiger partial charge in [-0.25, -0.2) is 0 Å². The van der Waals surface area contributed by atoms with Crippen LogP contribution in [0.3, 0.4) is 0 Å². The lowest BCUT2D eigenvalue weighted by Gasteiger charge is -2.36. The maximum atomic E-state index is 12.4. The minimum Gasteiger partial charge on any atom is -0.388 e. The fraction of sp³-hybridized carbons (Fsp3) is 0.750. The second-order valence-electron chi connectivity index (χ2n) is 5.47. The molecule has 0 spiro atoms. The minimum atomic E-state index is -0.774. The summed E-state index contributed by atoms with van der Waals surface area (Å²) >= 11 is 1.15.